The van der Waals surface area contributed by atoms with E-state index in [9.17, 15) is 9.90 Å². The quantitative estimate of drug-likeness (QED) is 0.665. The van der Waals surface area contributed by atoms with Gasteiger partial charge in [0.25, 0.3) is 0 Å². The lowest BCUT2D eigenvalue weighted by molar-refractivity contribution is 0.0696. The Morgan fingerprint density at radius 2 is 2.22 bits per heavy atom. The van der Waals surface area contributed by atoms with Crippen molar-refractivity contribution in [3.05, 3.63) is 57.2 Å². The summed E-state index contributed by atoms with van der Waals surface area (Å²) >= 11 is 1.57. The number of carbonyl (C=O) groups is 1. The van der Waals surface area contributed by atoms with Crippen molar-refractivity contribution in [1.82, 2.24) is 10.1 Å². The lowest BCUT2D eigenvalue weighted by Crippen LogP contribution is -2.08. The van der Waals surface area contributed by atoms with E-state index in [1.807, 2.05) is 25.1 Å². The van der Waals surface area contributed by atoms with Crippen molar-refractivity contribution in [3.8, 4) is 23.2 Å². The average Bonchev–Trinajstić information content (AvgIpc) is 3.25. The first-order chi connectivity index (χ1) is 13.2. The molecule has 1 fully saturated rings. The van der Waals surface area contributed by atoms with Crippen molar-refractivity contribution in [1.29, 1.82) is 0 Å². The van der Waals surface area contributed by atoms with E-state index < -0.39 is 5.97 Å². The van der Waals surface area contributed by atoms with E-state index in [0.29, 0.717) is 23.6 Å². The molecule has 0 bridgehead atoms. The summed E-state index contributed by atoms with van der Waals surface area (Å²) in [5, 5.41) is 16.3. The van der Waals surface area contributed by atoms with Gasteiger partial charge >= 0.3 is 5.97 Å². The first-order valence-electron chi connectivity index (χ1n) is 8.95. The second-order valence-corrected chi connectivity index (χ2v) is 7.39. The molecule has 5 nitrogen and oxygen atoms in total. The van der Waals surface area contributed by atoms with E-state index in [1.165, 1.54) is 19.3 Å². The van der Waals surface area contributed by atoms with E-state index >= 15 is 0 Å². The zero-order valence-electron chi connectivity index (χ0n) is 14.9. The van der Waals surface area contributed by atoms with Crippen LogP contribution in [-0.4, -0.2) is 21.2 Å². The minimum absolute atomic E-state index is 0.118. The summed E-state index contributed by atoms with van der Waals surface area (Å²) in [6.45, 7) is 1.85. The van der Waals surface area contributed by atoms with Crippen LogP contribution in [0.2, 0.25) is 0 Å². The van der Waals surface area contributed by atoms with Crippen molar-refractivity contribution in [2.45, 2.75) is 38.5 Å². The van der Waals surface area contributed by atoms with Crippen molar-refractivity contribution < 1.29 is 14.4 Å². The standard InChI is InChI=1S/C21H18N2O3S/c1-2-16-19(21(24)25)20(26-23-16)15-8-3-5-13(11-15)9-10-18-22-17(12-27-18)14-6-4-7-14/h3,5,8,11-12,14H,2,4,6-7H2,1H3,(H,24,25). The van der Waals surface area contributed by atoms with Gasteiger partial charge in [0.05, 0.1) is 11.4 Å². The zero-order valence-corrected chi connectivity index (χ0v) is 15.7. The first kappa shape index (κ1) is 17.5. The molecule has 1 aliphatic rings. The van der Waals surface area contributed by atoms with Crippen molar-refractivity contribution >= 4 is 17.3 Å². The molecular formula is C21H18N2O3S. The van der Waals surface area contributed by atoms with Crippen LogP contribution < -0.4 is 0 Å². The SMILES string of the molecule is CCc1noc(-c2cccc(C#Cc3nc(C4CCC4)cs3)c2)c1C(=O)O. The van der Waals surface area contributed by atoms with Crippen molar-refractivity contribution in [2.75, 3.05) is 0 Å². The zero-order chi connectivity index (χ0) is 18.8. The topological polar surface area (TPSA) is 76.2 Å². The maximum absolute atomic E-state index is 11.6. The second-order valence-electron chi connectivity index (χ2n) is 6.53. The fraction of sp³-hybridized carbons (Fsp3) is 0.286. The predicted octanol–water partition coefficient (Wildman–Crippen LogP) is 4.73. The van der Waals surface area contributed by atoms with Gasteiger partial charge in [-0.3, -0.25) is 0 Å². The summed E-state index contributed by atoms with van der Waals surface area (Å²) in [7, 11) is 0. The average molecular weight is 378 g/mol. The molecule has 0 radical (unpaired) electrons. The number of aryl methyl sites for hydroxylation is 1. The Bertz CT molecular complexity index is 1050. The Morgan fingerprint density at radius 1 is 1.37 bits per heavy atom. The number of benzene rings is 1. The van der Waals surface area contributed by atoms with Crippen LogP contribution in [0.25, 0.3) is 11.3 Å². The van der Waals surface area contributed by atoms with Crippen LogP contribution in [0.4, 0.5) is 0 Å². The van der Waals surface area contributed by atoms with Crippen LogP contribution >= 0.6 is 11.3 Å². The highest BCUT2D eigenvalue weighted by molar-refractivity contribution is 7.10. The molecule has 0 amide bonds. The largest absolute Gasteiger partial charge is 0.477 e. The molecule has 136 valence electrons. The third-order valence-corrected chi connectivity index (χ3v) is 5.57. The molecule has 2 heterocycles. The van der Waals surface area contributed by atoms with Gasteiger partial charge in [0.15, 0.2) is 10.8 Å². The molecule has 0 saturated heterocycles. The van der Waals surface area contributed by atoms with Crippen molar-refractivity contribution in [3.63, 3.8) is 0 Å². The first-order valence-corrected chi connectivity index (χ1v) is 9.83. The molecule has 27 heavy (non-hydrogen) atoms. The highest BCUT2D eigenvalue weighted by atomic mass is 32.1. The number of nitrogens with zero attached hydrogens (tertiary/aromatic N) is 2. The Labute approximate surface area is 161 Å². The number of carboxylic acids is 1. The molecule has 1 N–H and O–H groups in total. The Hall–Kier alpha value is -2.91. The summed E-state index contributed by atoms with van der Waals surface area (Å²) in [6, 6.07) is 7.34. The van der Waals surface area contributed by atoms with E-state index in [4.69, 9.17) is 4.52 Å². The van der Waals surface area contributed by atoms with Crippen LogP contribution in [0.5, 0.6) is 0 Å². The molecule has 1 saturated carbocycles. The maximum atomic E-state index is 11.6. The van der Waals surface area contributed by atoms with E-state index in [1.54, 1.807) is 17.4 Å². The molecule has 0 aliphatic heterocycles. The van der Waals surface area contributed by atoms with Gasteiger partial charge in [0.2, 0.25) is 0 Å². The van der Waals surface area contributed by atoms with Gasteiger partial charge < -0.3 is 9.63 Å². The third-order valence-electron chi connectivity index (χ3n) is 4.80. The molecular weight excluding hydrogens is 360 g/mol. The molecule has 1 aliphatic carbocycles. The van der Waals surface area contributed by atoms with Gasteiger partial charge in [-0.1, -0.05) is 36.6 Å². The van der Waals surface area contributed by atoms with Crippen LogP contribution in [-0.2, 0) is 6.42 Å². The molecule has 6 heteroatoms. The monoisotopic (exact) mass is 378 g/mol. The molecule has 4 rings (SSSR count). The lowest BCUT2D eigenvalue weighted by Gasteiger charge is -2.22. The Morgan fingerprint density at radius 3 is 2.93 bits per heavy atom. The summed E-state index contributed by atoms with van der Waals surface area (Å²) in [5.41, 5.74) is 3.15. The maximum Gasteiger partial charge on any atom is 0.341 e. The van der Waals surface area contributed by atoms with Gasteiger partial charge in [-0.15, -0.1) is 11.3 Å². The Balaban J connectivity index is 1.61. The van der Waals surface area contributed by atoms with Crippen molar-refractivity contribution in [2.24, 2.45) is 0 Å². The minimum atomic E-state index is -1.04. The lowest BCUT2D eigenvalue weighted by atomic mass is 9.83. The van der Waals surface area contributed by atoms with E-state index in [-0.39, 0.29) is 11.3 Å². The Kier molecular flexibility index (Phi) is 4.78. The number of hydrogen-bond donors (Lipinski definition) is 1. The number of hydrogen-bond acceptors (Lipinski definition) is 5. The molecule has 2 aromatic heterocycles. The van der Waals surface area contributed by atoms with Crippen LogP contribution in [0, 0.1) is 11.8 Å². The fourth-order valence-electron chi connectivity index (χ4n) is 3.08. The summed E-state index contributed by atoms with van der Waals surface area (Å²) in [5.74, 6) is 6.07. The number of rotatable bonds is 4. The summed E-state index contributed by atoms with van der Waals surface area (Å²) in [6.07, 6.45) is 4.23. The molecule has 0 unspecified atom stereocenters. The van der Waals surface area contributed by atoms with E-state index in [0.717, 1.165) is 16.3 Å². The van der Waals surface area contributed by atoms with Gasteiger partial charge in [-0.05, 0) is 37.3 Å². The van der Waals surface area contributed by atoms with Crippen LogP contribution in [0.15, 0.2) is 34.2 Å². The summed E-state index contributed by atoms with van der Waals surface area (Å²) < 4.78 is 5.31. The molecule has 0 spiro atoms. The van der Waals surface area contributed by atoms with Crippen LogP contribution in [0.1, 0.15) is 64.4 Å². The van der Waals surface area contributed by atoms with Gasteiger partial charge in [0, 0.05) is 22.4 Å². The minimum Gasteiger partial charge on any atom is -0.477 e. The van der Waals surface area contributed by atoms with E-state index in [2.05, 4.69) is 27.4 Å². The number of thiazole rings is 1. The second kappa shape index (κ2) is 7.37. The van der Waals surface area contributed by atoms with Gasteiger partial charge in [-0.25, -0.2) is 9.78 Å². The number of aromatic nitrogens is 2. The molecule has 3 aromatic rings. The predicted molar refractivity (Wildman–Crippen MR) is 103 cm³/mol. The van der Waals surface area contributed by atoms with Gasteiger partial charge in [-0.2, -0.15) is 0 Å². The van der Waals surface area contributed by atoms with Gasteiger partial charge in [0.1, 0.15) is 5.56 Å². The highest BCUT2D eigenvalue weighted by Crippen LogP contribution is 2.36. The third kappa shape index (κ3) is 3.51. The molecule has 0 atom stereocenters. The smallest absolute Gasteiger partial charge is 0.341 e. The number of aromatic carboxylic acids is 1. The number of carboxylic acid groups (broad SMARTS) is 1. The van der Waals surface area contributed by atoms with Crippen LogP contribution in [0.3, 0.4) is 0 Å². The normalized spacial score (nSPS) is 13.7. The fourth-order valence-corrected chi connectivity index (χ4v) is 3.83. The summed E-state index contributed by atoms with van der Waals surface area (Å²) in [4.78, 5) is 16.2. The molecule has 1 aromatic carbocycles. The highest BCUT2D eigenvalue weighted by Gasteiger charge is 2.23.